The zero-order valence-electron chi connectivity index (χ0n) is 16.2. The Hall–Kier alpha value is -2.21. The molecule has 2 aliphatic heterocycles. The number of amides is 2. The van der Waals surface area contributed by atoms with E-state index in [0.29, 0.717) is 6.54 Å². The lowest BCUT2D eigenvalue weighted by Gasteiger charge is -2.32. The van der Waals surface area contributed by atoms with Crippen LogP contribution >= 0.6 is 0 Å². The van der Waals surface area contributed by atoms with Crippen molar-refractivity contribution in [2.75, 3.05) is 26.2 Å². The second kappa shape index (κ2) is 9.65. The van der Waals surface area contributed by atoms with Crippen molar-refractivity contribution >= 4 is 17.5 Å². The maximum Gasteiger partial charge on any atom is 0.243 e. The van der Waals surface area contributed by atoms with Gasteiger partial charge in [0.05, 0.1) is 12.3 Å². The van der Waals surface area contributed by atoms with Crippen molar-refractivity contribution < 1.29 is 9.59 Å². The number of hydrazone groups is 1. The molecule has 0 unspecified atom stereocenters. The number of hydrogen-bond donors (Lipinski definition) is 1. The average Bonchev–Trinajstić information content (AvgIpc) is 3.19. The molecule has 3 rings (SSSR count). The van der Waals surface area contributed by atoms with E-state index in [1.165, 1.54) is 11.4 Å². The van der Waals surface area contributed by atoms with Crippen LogP contribution in [-0.4, -0.2) is 59.7 Å². The summed E-state index contributed by atoms with van der Waals surface area (Å²) in [5, 5.41) is 9.04. The zero-order chi connectivity index (χ0) is 19.1. The van der Waals surface area contributed by atoms with Gasteiger partial charge in [0.1, 0.15) is 0 Å². The molecule has 0 spiro atoms. The highest BCUT2D eigenvalue weighted by Gasteiger charge is 2.23. The summed E-state index contributed by atoms with van der Waals surface area (Å²) in [7, 11) is 0. The van der Waals surface area contributed by atoms with Crippen LogP contribution in [0.5, 0.6) is 0 Å². The molecule has 146 valence electrons. The lowest BCUT2D eigenvalue weighted by Crippen LogP contribution is -2.44. The number of carbonyl (C=O) groups is 2. The van der Waals surface area contributed by atoms with Crippen LogP contribution in [0.2, 0.25) is 0 Å². The van der Waals surface area contributed by atoms with Crippen LogP contribution in [0.3, 0.4) is 0 Å². The predicted molar refractivity (Wildman–Crippen MR) is 106 cm³/mol. The minimum absolute atomic E-state index is 0.0243. The normalized spacial score (nSPS) is 18.4. The first-order valence-corrected chi connectivity index (χ1v) is 10.1. The van der Waals surface area contributed by atoms with E-state index in [9.17, 15) is 9.59 Å². The van der Waals surface area contributed by atoms with Gasteiger partial charge in [0.2, 0.25) is 11.8 Å². The fourth-order valence-corrected chi connectivity index (χ4v) is 3.74. The zero-order valence-corrected chi connectivity index (χ0v) is 16.2. The number of benzene rings is 1. The van der Waals surface area contributed by atoms with Gasteiger partial charge >= 0.3 is 0 Å². The van der Waals surface area contributed by atoms with E-state index < -0.39 is 0 Å². The predicted octanol–water partition coefficient (Wildman–Crippen LogP) is 2.39. The Morgan fingerprint density at radius 3 is 2.56 bits per heavy atom. The first-order valence-electron chi connectivity index (χ1n) is 10.1. The molecule has 1 aromatic rings. The smallest absolute Gasteiger partial charge is 0.243 e. The summed E-state index contributed by atoms with van der Waals surface area (Å²) in [6, 6.07) is 10.2. The fraction of sp³-hybridized carbons (Fsp3) is 0.571. The van der Waals surface area contributed by atoms with E-state index in [-0.39, 0.29) is 30.7 Å². The molecule has 6 nitrogen and oxygen atoms in total. The van der Waals surface area contributed by atoms with Crippen LogP contribution in [-0.2, 0) is 9.59 Å². The molecule has 0 radical (unpaired) electrons. The summed E-state index contributed by atoms with van der Waals surface area (Å²) in [6.45, 7) is 6.01. The molecule has 1 N–H and O–H groups in total. The van der Waals surface area contributed by atoms with Crippen molar-refractivity contribution in [2.24, 2.45) is 5.10 Å². The SMILES string of the molecule is CCCN1CCC(NC(=O)CCC(=O)N2CCC(c3ccccc3)=N2)CC1. The van der Waals surface area contributed by atoms with Crippen molar-refractivity contribution in [1.29, 1.82) is 0 Å². The van der Waals surface area contributed by atoms with Gasteiger partial charge in [0.25, 0.3) is 0 Å². The second-order valence-corrected chi connectivity index (χ2v) is 7.36. The van der Waals surface area contributed by atoms with E-state index in [4.69, 9.17) is 0 Å². The second-order valence-electron chi connectivity index (χ2n) is 7.36. The molecule has 1 fully saturated rings. The Balaban J connectivity index is 1.39. The maximum absolute atomic E-state index is 12.4. The number of nitrogens with zero attached hydrogens (tertiary/aromatic N) is 3. The maximum atomic E-state index is 12.4. The molecule has 27 heavy (non-hydrogen) atoms. The highest BCUT2D eigenvalue weighted by Crippen LogP contribution is 2.15. The molecule has 0 saturated carbocycles. The lowest BCUT2D eigenvalue weighted by molar-refractivity contribution is -0.133. The van der Waals surface area contributed by atoms with Gasteiger partial charge in [-0.2, -0.15) is 5.10 Å². The van der Waals surface area contributed by atoms with Gasteiger partial charge in [0, 0.05) is 38.4 Å². The lowest BCUT2D eigenvalue weighted by atomic mass is 10.0. The van der Waals surface area contributed by atoms with Crippen molar-refractivity contribution in [2.45, 2.75) is 51.5 Å². The molecule has 6 heteroatoms. The summed E-state index contributed by atoms with van der Waals surface area (Å²) in [5.41, 5.74) is 1.99. The molecule has 0 atom stereocenters. The molecule has 0 aliphatic carbocycles. The largest absolute Gasteiger partial charge is 0.353 e. The molecule has 0 aromatic heterocycles. The molecule has 2 amide bonds. The van der Waals surface area contributed by atoms with Crippen LogP contribution in [0.1, 0.15) is 51.0 Å². The molecule has 1 saturated heterocycles. The number of nitrogens with one attached hydrogen (secondary N) is 1. The Bertz CT molecular complexity index is 666. The molecule has 2 heterocycles. The average molecular weight is 370 g/mol. The van der Waals surface area contributed by atoms with E-state index in [2.05, 4.69) is 22.2 Å². The Morgan fingerprint density at radius 1 is 1.11 bits per heavy atom. The molecule has 1 aromatic carbocycles. The Morgan fingerprint density at radius 2 is 1.85 bits per heavy atom. The molecular formula is C21H30N4O2. The number of carbonyl (C=O) groups excluding carboxylic acids is 2. The van der Waals surface area contributed by atoms with Crippen LogP contribution < -0.4 is 5.32 Å². The first kappa shape index (κ1) is 19.5. The minimum Gasteiger partial charge on any atom is -0.353 e. The third-order valence-electron chi connectivity index (χ3n) is 5.26. The summed E-state index contributed by atoms with van der Waals surface area (Å²) in [6.07, 6.45) is 4.38. The van der Waals surface area contributed by atoms with Gasteiger partial charge in [-0.15, -0.1) is 0 Å². The van der Waals surface area contributed by atoms with Gasteiger partial charge < -0.3 is 10.2 Å². The first-order chi connectivity index (χ1) is 13.2. The van der Waals surface area contributed by atoms with E-state index in [1.807, 2.05) is 30.3 Å². The van der Waals surface area contributed by atoms with Crippen molar-refractivity contribution in [3.8, 4) is 0 Å². The minimum atomic E-state index is -0.0751. The Kier molecular flexibility index (Phi) is 6.98. The molecular weight excluding hydrogens is 340 g/mol. The van der Waals surface area contributed by atoms with Gasteiger partial charge in [-0.05, 0) is 31.4 Å². The van der Waals surface area contributed by atoms with E-state index in [1.54, 1.807) is 0 Å². The van der Waals surface area contributed by atoms with Gasteiger partial charge in [-0.3, -0.25) is 9.59 Å². The summed E-state index contributed by atoms with van der Waals surface area (Å²) in [4.78, 5) is 27.0. The number of hydrogen-bond acceptors (Lipinski definition) is 4. The highest BCUT2D eigenvalue weighted by atomic mass is 16.2. The van der Waals surface area contributed by atoms with Gasteiger partial charge in [-0.1, -0.05) is 37.3 Å². The fourth-order valence-electron chi connectivity index (χ4n) is 3.74. The summed E-state index contributed by atoms with van der Waals surface area (Å²) in [5.74, 6) is -0.0994. The van der Waals surface area contributed by atoms with Gasteiger partial charge in [0.15, 0.2) is 0 Å². The Labute approximate surface area is 161 Å². The van der Waals surface area contributed by atoms with E-state index >= 15 is 0 Å². The third-order valence-corrected chi connectivity index (χ3v) is 5.26. The van der Waals surface area contributed by atoms with Crippen LogP contribution in [0.25, 0.3) is 0 Å². The number of likely N-dealkylation sites (tertiary alicyclic amines) is 1. The van der Waals surface area contributed by atoms with E-state index in [0.717, 1.165) is 50.2 Å². The molecule has 2 aliphatic rings. The third kappa shape index (κ3) is 5.63. The quantitative estimate of drug-likeness (QED) is 0.801. The number of rotatable bonds is 7. The van der Waals surface area contributed by atoms with Crippen LogP contribution in [0.15, 0.2) is 35.4 Å². The summed E-state index contributed by atoms with van der Waals surface area (Å²) >= 11 is 0. The monoisotopic (exact) mass is 370 g/mol. The van der Waals surface area contributed by atoms with Crippen molar-refractivity contribution in [3.63, 3.8) is 0 Å². The summed E-state index contributed by atoms with van der Waals surface area (Å²) < 4.78 is 0. The van der Waals surface area contributed by atoms with Crippen molar-refractivity contribution in [3.05, 3.63) is 35.9 Å². The standard InChI is InChI=1S/C21H30N4O2/c1-2-13-24-14-10-18(11-15-24)22-20(26)8-9-21(27)25-16-12-19(23-25)17-6-4-3-5-7-17/h3-7,18H,2,8-16H2,1H3,(H,22,26). The topological polar surface area (TPSA) is 65.0 Å². The highest BCUT2D eigenvalue weighted by molar-refractivity contribution is 6.02. The number of piperidine rings is 1. The van der Waals surface area contributed by atoms with Gasteiger partial charge in [-0.25, -0.2) is 5.01 Å². The molecule has 0 bridgehead atoms. The van der Waals surface area contributed by atoms with Crippen molar-refractivity contribution in [1.82, 2.24) is 15.2 Å². The van der Waals surface area contributed by atoms with Crippen LogP contribution in [0.4, 0.5) is 0 Å². The van der Waals surface area contributed by atoms with Crippen LogP contribution in [0, 0.1) is 0 Å².